The molecule has 7 N–H and O–H groups in total. The van der Waals surface area contributed by atoms with Gasteiger partial charge in [0.05, 0.1) is 10.9 Å². The monoisotopic (exact) mass is 443 g/mol. The Kier molecular flexibility index (Phi) is 8.12. The van der Waals surface area contributed by atoms with E-state index in [0.717, 1.165) is 11.3 Å². The molecule has 1 atom stereocenters. The number of nitrogens with two attached hydrogens (primary N) is 2. The highest BCUT2D eigenvalue weighted by Gasteiger charge is 2.21. The third-order valence-electron chi connectivity index (χ3n) is 4.44. The Bertz CT molecular complexity index is 942. The fourth-order valence-corrected chi connectivity index (χ4v) is 3.03. The van der Waals surface area contributed by atoms with E-state index >= 15 is 0 Å². The highest BCUT2D eigenvalue weighted by atomic mass is 28.1. The Morgan fingerprint density at radius 1 is 1.23 bits per heavy atom. The Labute approximate surface area is 186 Å². The Balaban J connectivity index is 2.22. The standard InChI is InChI=1S/C21H33N7O2Si/c1-5-15-18(25-12(2)3)28-19(16(27-15)17(22)29)26-14-8-6-7-13(11-14)9-10-24-20(30)21(4,23)31/h6-8,11-12H,5,9-10,23H2,1-4,31H3,(H2,22,29)(H,24,30)(H2,25,26,28)/t21-/m0/s1. The molecule has 0 spiro atoms. The van der Waals surface area contributed by atoms with Crippen LogP contribution >= 0.6 is 0 Å². The third kappa shape index (κ3) is 7.04. The van der Waals surface area contributed by atoms with Crippen LogP contribution in [0.1, 0.15) is 49.4 Å². The normalized spacial score (nSPS) is 13.0. The second kappa shape index (κ2) is 10.4. The first kappa shape index (κ1) is 24.3. The Hall–Kier alpha value is -2.98. The van der Waals surface area contributed by atoms with E-state index in [1.165, 1.54) is 0 Å². The molecule has 0 saturated carbocycles. The summed E-state index contributed by atoms with van der Waals surface area (Å²) in [5.41, 5.74) is 13.9. The molecule has 2 rings (SSSR count). The third-order valence-corrected chi connectivity index (χ3v) is 4.89. The first-order valence-electron chi connectivity index (χ1n) is 10.4. The average molecular weight is 444 g/mol. The molecule has 1 heterocycles. The summed E-state index contributed by atoms with van der Waals surface area (Å²) in [6.07, 6.45) is 1.26. The lowest BCUT2D eigenvalue weighted by atomic mass is 10.1. The van der Waals surface area contributed by atoms with Gasteiger partial charge in [0.15, 0.2) is 11.5 Å². The lowest BCUT2D eigenvalue weighted by Crippen LogP contribution is -2.52. The van der Waals surface area contributed by atoms with Gasteiger partial charge in [-0.15, -0.1) is 0 Å². The molecule has 0 unspecified atom stereocenters. The van der Waals surface area contributed by atoms with Crippen molar-refractivity contribution in [2.75, 3.05) is 17.2 Å². The predicted octanol–water partition coefficient (Wildman–Crippen LogP) is 0.401. The van der Waals surface area contributed by atoms with Gasteiger partial charge in [0.2, 0.25) is 5.91 Å². The summed E-state index contributed by atoms with van der Waals surface area (Å²) in [6.45, 7) is 8.17. The zero-order valence-electron chi connectivity index (χ0n) is 18.9. The number of anilines is 3. The molecular weight excluding hydrogens is 410 g/mol. The van der Waals surface area contributed by atoms with Crippen molar-refractivity contribution in [3.05, 3.63) is 41.2 Å². The fourth-order valence-electron chi connectivity index (χ4n) is 2.85. The maximum absolute atomic E-state index is 12.0. The van der Waals surface area contributed by atoms with Crippen molar-refractivity contribution in [3.63, 3.8) is 0 Å². The number of carbonyl (C=O) groups is 2. The molecule has 0 bridgehead atoms. The Morgan fingerprint density at radius 3 is 2.52 bits per heavy atom. The van der Waals surface area contributed by atoms with Crippen LogP contribution in [0.3, 0.4) is 0 Å². The van der Waals surface area contributed by atoms with Gasteiger partial charge in [0, 0.05) is 28.5 Å². The molecule has 0 saturated heterocycles. The van der Waals surface area contributed by atoms with Gasteiger partial charge in [-0.2, -0.15) is 0 Å². The first-order valence-corrected chi connectivity index (χ1v) is 11.4. The second-order valence-corrected chi connectivity index (χ2v) is 10.4. The summed E-state index contributed by atoms with van der Waals surface area (Å²) >= 11 is 0. The van der Waals surface area contributed by atoms with Crippen molar-refractivity contribution < 1.29 is 9.59 Å². The van der Waals surface area contributed by atoms with Crippen molar-refractivity contribution in [2.45, 2.75) is 51.7 Å². The SMILES string of the molecule is CCc1nc(C(N)=O)c(Nc2cccc(CCNC(=O)[C@@](C)(N)[SiH3])c2)nc1NC(C)C. The van der Waals surface area contributed by atoms with Crippen LogP contribution in [0.4, 0.5) is 17.3 Å². The molecule has 0 radical (unpaired) electrons. The number of hydrogen-bond donors (Lipinski definition) is 5. The van der Waals surface area contributed by atoms with E-state index in [4.69, 9.17) is 11.5 Å². The van der Waals surface area contributed by atoms with Crippen molar-refractivity contribution >= 4 is 39.4 Å². The summed E-state index contributed by atoms with van der Waals surface area (Å²) in [4.78, 5) is 33.0. The van der Waals surface area contributed by atoms with Gasteiger partial charge >= 0.3 is 0 Å². The lowest BCUT2D eigenvalue weighted by Gasteiger charge is -2.18. The van der Waals surface area contributed by atoms with E-state index in [0.29, 0.717) is 47.0 Å². The van der Waals surface area contributed by atoms with Gasteiger partial charge in [-0.1, -0.05) is 19.1 Å². The number of primary amides is 1. The molecule has 2 aromatic rings. The summed E-state index contributed by atoms with van der Waals surface area (Å²) in [7, 11) is 0.578. The minimum absolute atomic E-state index is 0.0955. The molecule has 0 fully saturated rings. The number of amides is 2. The number of nitrogens with zero attached hydrogens (tertiary/aromatic N) is 2. The number of rotatable bonds is 10. The van der Waals surface area contributed by atoms with Gasteiger partial charge in [0.1, 0.15) is 5.82 Å². The maximum atomic E-state index is 12.0. The van der Waals surface area contributed by atoms with Crippen LogP contribution in [0.15, 0.2) is 24.3 Å². The van der Waals surface area contributed by atoms with Gasteiger partial charge in [-0.25, -0.2) is 9.97 Å². The smallest absolute Gasteiger partial charge is 0.271 e. The molecule has 168 valence electrons. The molecule has 2 amide bonds. The molecule has 9 nitrogen and oxygen atoms in total. The highest BCUT2D eigenvalue weighted by Crippen LogP contribution is 2.23. The first-order chi connectivity index (χ1) is 14.5. The number of carbonyl (C=O) groups excluding carboxylic acids is 2. The van der Waals surface area contributed by atoms with Crippen LogP contribution < -0.4 is 27.4 Å². The lowest BCUT2D eigenvalue weighted by molar-refractivity contribution is -0.123. The number of aromatic nitrogens is 2. The summed E-state index contributed by atoms with van der Waals surface area (Å²) < 4.78 is 0. The topological polar surface area (TPSA) is 148 Å². The van der Waals surface area contributed by atoms with Gasteiger partial charge in [0.25, 0.3) is 5.91 Å². The zero-order valence-corrected chi connectivity index (χ0v) is 20.9. The molecule has 0 aliphatic rings. The van der Waals surface area contributed by atoms with E-state index in [1.54, 1.807) is 6.92 Å². The van der Waals surface area contributed by atoms with Crippen LogP contribution in [0.5, 0.6) is 0 Å². The van der Waals surface area contributed by atoms with Gasteiger partial charge in [-0.3, -0.25) is 9.59 Å². The highest BCUT2D eigenvalue weighted by molar-refractivity contribution is 6.27. The fraction of sp³-hybridized carbons (Fsp3) is 0.429. The van der Waals surface area contributed by atoms with Gasteiger partial charge < -0.3 is 27.4 Å². The molecule has 1 aromatic carbocycles. The van der Waals surface area contributed by atoms with E-state index in [9.17, 15) is 9.59 Å². The molecule has 1 aromatic heterocycles. The summed E-state index contributed by atoms with van der Waals surface area (Å²) in [5.74, 6) is 0.133. The van der Waals surface area contributed by atoms with Crippen molar-refractivity contribution in [3.8, 4) is 0 Å². The van der Waals surface area contributed by atoms with Crippen LogP contribution in [0.25, 0.3) is 0 Å². The molecule has 31 heavy (non-hydrogen) atoms. The summed E-state index contributed by atoms with van der Waals surface area (Å²) in [5, 5.41) is 8.51. The summed E-state index contributed by atoms with van der Waals surface area (Å²) in [6, 6.07) is 7.82. The maximum Gasteiger partial charge on any atom is 0.271 e. The number of nitrogens with one attached hydrogen (secondary N) is 3. The number of aryl methyl sites for hydroxylation is 1. The largest absolute Gasteiger partial charge is 0.366 e. The van der Waals surface area contributed by atoms with E-state index < -0.39 is 11.1 Å². The Morgan fingerprint density at radius 2 is 1.94 bits per heavy atom. The van der Waals surface area contributed by atoms with Crippen molar-refractivity contribution in [1.82, 2.24) is 15.3 Å². The molecule has 0 aliphatic carbocycles. The molecule has 0 aliphatic heterocycles. The van der Waals surface area contributed by atoms with Crippen molar-refractivity contribution in [2.24, 2.45) is 11.5 Å². The van der Waals surface area contributed by atoms with E-state index in [2.05, 4.69) is 25.9 Å². The van der Waals surface area contributed by atoms with Crippen molar-refractivity contribution in [1.29, 1.82) is 0 Å². The van der Waals surface area contributed by atoms with Crippen LogP contribution in [-0.2, 0) is 17.6 Å². The van der Waals surface area contributed by atoms with Gasteiger partial charge in [-0.05, 0) is 51.3 Å². The zero-order chi connectivity index (χ0) is 23.2. The second-order valence-electron chi connectivity index (χ2n) is 8.29. The minimum Gasteiger partial charge on any atom is -0.366 e. The van der Waals surface area contributed by atoms with Crippen LogP contribution in [0, 0.1) is 0 Å². The van der Waals surface area contributed by atoms with E-state index in [1.807, 2.05) is 45.0 Å². The minimum atomic E-state index is -0.778. The quantitative estimate of drug-likeness (QED) is 0.334. The number of benzene rings is 1. The average Bonchev–Trinajstić information content (AvgIpc) is 2.67. The number of hydrogen-bond acceptors (Lipinski definition) is 7. The van der Waals surface area contributed by atoms with E-state index in [-0.39, 0.29) is 17.6 Å². The predicted molar refractivity (Wildman–Crippen MR) is 128 cm³/mol. The molecular formula is C21H33N7O2Si. The molecule has 10 heteroatoms. The van der Waals surface area contributed by atoms with Crippen LogP contribution in [-0.4, -0.2) is 49.8 Å². The van der Waals surface area contributed by atoms with Crippen LogP contribution in [0.2, 0.25) is 0 Å².